The Morgan fingerprint density at radius 1 is 1.32 bits per heavy atom. The molecule has 0 aromatic carbocycles. The molecule has 0 aliphatic carbocycles. The van der Waals surface area contributed by atoms with Gasteiger partial charge in [0, 0.05) is 31.1 Å². The van der Waals surface area contributed by atoms with Gasteiger partial charge in [-0.2, -0.15) is 0 Å². The molecule has 0 fully saturated rings. The van der Waals surface area contributed by atoms with Gasteiger partial charge >= 0.3 is 5.91 Å². The van der Waals surface area contributed by atoms with Gasteiger partial charge in [0.1, 0.15) is 0 Å². The van der Waals surface area contributed by atoms with Crippen molar-refractivity contribution in [3.8, 4) is 0 Å². The fraction of sp³-hybridized carbons (Fsp3) is 0.214. The average molecular weight is 258 g/mol. The number of aryl methyl sites for hydroxylation is 1. The minimum atomic E-state index is -0.207. The first-order valence-electron chi connectivity index (χ1n) is 6.12. The van der Waals surface area contributed by atoms with Crippen LogP contribution in [0.5, 0.6) is 0 Å². The van der Waals surface area contributed by atoms with E-state index in [1.54, 1.807) is 35.4 Å². The molecule has 2 N–H and O–H groups in total. The van der Waals surface area contributed by atoms with Crippen LogP contribution in [0.3, 0.4) is 0 Å². The molecule has 2 aromatic heterocycles. The number of hydrogen-bond acceptors (Lipinski definition) is 3. The summed E-state index contributed by atoms with van der Waals surface area (Å²) in [5.41, 5.74) is 4.37. The lowest BCUT2D eigenvalue weighted by Gasteiger charge is -2.01. The first-order chi connectivity index (χ1) is 9.29. The molecule has 0 bridgehead atoms. The predicted octanol–water partition coefficient (Wildman–Crippen LogP) is 0.678. The lowest BCUT2D eigenvalue weighted by molar-refractivity contribution is -0.641. The number of rotatable bonds is 5. The van der Waals surface area contributed by atoms with Gasteiger partial charge in [-0.05, 0) is 30.5 Å². The SMILES string of the molecule is O=C(N[n+]1ccc(CCCO)cc1)c1cccnc1. The molecule has 0 saturated heterocycles. The van der Waals surface area contributed by atoms with E-state index in [9.17, 15) is 4.79 Å². The number of nitrogens with one attached hydrogen (secondary N) is 1. The van der Waals surface area contributed by atoms with Gasteiger partial charge in [-0.25, -0.2) is 0 Å². The first kappa shape index (κ1) is 13.2. The highest BCUT2D eigenvalue weighted by Crippen LogP contribution is 1.99. The van der Waals surface area contributed by atoms with Crippen LogP contribution in [0.25, 0.3) is 0 Å². The number of hydrogen-bond donors (Lipinski definition) is 2. The number of pyridine rings is 2. The second-order valence-electron chi connectivity index (χ2n) is 4.12. The molecule has 0 spiro atoms. The Bertz CT molecular complexity index is 526. The molecule has 5 heteroatoms. The van der Waals surface area contributed by atoms with E-state index in [-0.39, 0.29) is 12.5 Å². The van der Waals surface area contributed by atoms with Crippen LogP contribution in [0.1, 0.15) is 22.3 Å². The van der Waals surface area contributed by atoms with E-state index in [4.69, 9.17) is 5.11 Å². The van der Waals surface area contributed by atoms with Crippen molar-refractivity contribution in [2.45, 2.75) is 12.8 Å². The monoisotopic (exact) mass is 258 g/mol. The summed E-state index contributed by atoms with van der Waals surface area (Å²) in [7, 11) is 0. The van der Waals surface area contributed by atoms with Gasteiger partial charge in [0.15, 0.2) is 12.4 Å². The van der Waals surface area contributed by atoms with Gasteiger partial charge in [-0.3, -0.25) is 9.78 Å². The number of carbonyl (C=O) groups excluding carboxylic acids is 1. The van der Waals surface area contributed by atoms with Gasteiger partial charge in [-0.15, -0.1) is 5.43 Å². The van der Waals surface area contributed by atoms with Crippen LogP contribution in [0.4, 0.5) is 0 Å². The summed E-state index contributed by atoms with van der Waals surface area (Å²) < 4.78 is 1.60. The largest absolute Gasteiger partial charge is 0.396 e. The Hall–Kier alpha value is -2.27. The number of amides is 1. The van der Waals surface area contributed by atoms with Crippen molar-refractivity contribution in [2.75, 3.05) is 12.0 Å². The van der Waals surface area contributed by atoms with Crippen LogP contribution >= 0.6 is 0 Å². The Balaban J connectivity index is 1.98. The zero-order chi connectivity index (χ0) is 13.5. The molecule has 0 radical (unpaired) electrons. The Morgan fingerprint density at radius 3 is 2.74 bits per heavy atom. The first-order valence-corrected chi connectivity index (χ1v) is 6.12. The molecule has 2 heterocycles. The Kier molecular flexibility index (Phi) is 4.58. The predicted molar refractivity (Wildman–Crippen MR) is 70.0 cm³/mol. The average Bonchev–Trinajstić information content (AvgIpc) is 2.47. The van der Waals surface area contributed by atoms with Gasteiger partial charge in [-0.1, -0.05) is 4.68 Å². The molecule has 2 rings (SSSR count). The van der Waals surface area contributed by atoms with Crippen LogP contribution < -0.4 is 10.1 Å². The molecule has 0 unspecified atom stereocenters. The summed E-state index contributed by atoms with van der Waals surface area (Å²) in [6.07, 6.45) is 8.27. The van der Waals surface area contributed by atoms with Gasteiger partial charge in [0.05, 0.1) is 5.56 Å². The maximum absolute atomic E-state index is 11.9. The van der Waals surface area contributed by atoms with E-state index >= 15 is 0 Å². The molecule has 19 heavy (non-hydrogen) atoms. The van der Waals surface area contributed by atoms with Crippen molar-refractivity contribution >= 4 is 5.91 Å². The third-order valence-electron chi connectivity index (χ3n) is 2.68. The number of carbonyl (C=O) groups is 1. The zero-order valence-corrected chi connectivity index (χ0v) is 10.5. The van der Waals surface area contributed by atoms with Crippen molar-refractivity contribution in [3.05, 3.63) is 60.2 Å². The van der Waals surface area contributed by atoms with E-state index in [0.717, 1.165) is 18.4 Å². The Labute approximate surface area is 111 Å². The van der Waals surface area contributed by atoms with E-state index in [0.29, 0.717) is 5.56 Å². The van der Waals surface area contributed by atoms with Crippen molar-refractivity contribution < 1.29 is 14.6 Å². The second kappa shape index (κ2) is 6.61. The molecular weight excluding hydrogens is 242 g/mol. The highest BCUT2D eigenvalue weighted by Gasteiger charge is 2.10. The van der Waals surface area contributed by atoms with E-state index < -0.39 is 0 Å². The number of nitrogens with zero attached hydrogens (tertiary/aromatic N) is 2. The standard InChI is InChI=1S/C14H15N3O2/c18-10-2-3-12-5-8-17(9-6-12)16-14(19)13-4-1-7-15-11-13/h1,4-9,11,18H,2-3,10H2/p+1. The van der Waals surface area contributed by atoms with Crippen molar-refractivity contribution in [1.82, 2.24) is 4.98 Å². The molecule has 0 saturated carbocycles. The van der Waals surface area contributed by atoms with Crippen LogP contribution in [0.2, 0.25) is 0 Å². The molecule has 5 nitrogen and oxygen atoms in total. The van der Waals surface area contributed by atoms with Gasteiger partial charge in [0.25, 0.3) is 0 Å². The fourth-order valence-electron chi connectivity index (χ4n) is 1.66. The summed E-state index contributed by atoms with van der Waals surface area (Å²) in [4.78, 5) is 15.8. The quantitative estimate of drug-likeness (QED) is 0.775. The summed E-state index contributed by atoms with van der Waals surface area (Å²) >= 11 is 0. The Morgan fingerprint density at radius 2 is 2.11 bits per heavy atom. The molecule has 0 aliphatic heterocycles. The highest BCUT2D eigenvalue weighted by molar-refractivity contribution is 5.98. The van der Waals surface area contributed by atoms with Crippen LogP contribution in [-0.2, 0) is 6.42 Å². The lowest BCUT2D eigenvalue weighted by atomic mass is 10.1. The minimum absolute atomic E-state index is 0.187. The van der Waals surface area contributed by atoms with E-state index in [1.165, 1.54) is 6.20 Å². The summed E-state index contributed by atoms with van der Waals surface area (Å²) in [6, 6.07) is 7.26. The second-order valence-corrected chi connectivity index (χ2v) is 4.12. The minimum Gasteiger partial charge on any atom is -0.396 e. The molecule has 2 aromatic rings. The van der Waals surface area contributed by atoms with Crippen molar-refractivity contribution in [1.29, 1.82) is 0 Å². The number of aliphatic hydroxyl groups is 1. The van der Waals surface area contributed by atoms with Crippen LogP contribution in [-0.4, -0.2) is 22.6 Å². The fourth-order valence-corrected chi connectivity index (χ4v) is 1.66. The molecule has 0 atom stereocenters. The summed E-state index contributed by atoms with van der Waals surface area (Å²) in [5.74, 6) is -0.207. The van der Waals surface area contributed by atoms with Crippen molar-refractivity contribution in [3.63, 3.8) is 0 Å². The molecule has 98 valence electrons. The van der Waals surface area contributed by atoms with Gasteiger partial charge in [0.2, 0.25) is 0 Å². The highest BCUT2D eigenvalue weighted by atomic mass is 16.2. The van der Waals surface area contributed by atoms with Crippen LogP contribution in [0.15, 0.2) is 49.1 Å². The van der Waals surface area contributed by atoms with E-state index in [1.807, 2.05) is 12.1 Å². The topological polar surface area (TPSA) is 66.1 Å². The smallest absolute Gasteiger partial charge is 0.306 e. The third-order valence-corrected chi connectivity index (χ3v) is 2.68. The number of aromatic nitrogens is 2. The zero-order valence-electron chi connectivity index (χ0n) is 10.5. The molecule has 1 amide bonds. The third kappa shape index (κ3) is 3.86. The lowest BCUT2D eigenvalue weighted by Crippen LogP contribution is -2.47. The number of aliphatic hydroxyl groups excluding tert-OH is 1. The maximum atomic E-state index is 11.9. The van der Waals surface area contributed by atoms with E-state index in [2.05, 4.69) is 10.4 Å². The normalized spacial score (nSPS) is 10.2. The molecule has 0 aliphatic rings. The summed E-state index contributed by atoms with van der Waals surface area (Å²) in [6.45, 7) is 0.187. The van der Waals surface area contributed by atoms with Gasteiger partial charge < -0.3 is 5.11 Å². The van der Waals surface area contributed by atoms with Crippen LogP contribution in [0, 0.1) is 0 Å². The molecular formula is C14H16N3O2+. The van der Waals surface area contributed by atoms with Crippen molar-refractivity contribution in [2.24, 2.45) is 0 Å². The maximum Gasteiger partial charge on any atom is 0.306 e. The summed E-state index contributed by atoms with van der Waals surface area (Å²) in [5, 5.41) is 8.76.